The maximum absolute atomic E-state index is 12.5. The van der Waals surface area contributed by atoms with Crippen LogP contribution in [0, 0.1) is 25.9 Å². The molecule has 0 saturated heterocycles. The predicted octanol–water partition coefficient (Wildman–Crippen LogP) is 7.60. The van der Waals surface area contributed by atoms with Gasteiger partial charge in [-0.3, -0.25) is 9.59 Å². The van der Waals surface area contributed by atoms with Crippen LogP contribution in [0.5, 0.6) is 11.5 Å². The lowest BCUT2D eigenvalue weighted by Crippen LogP contribution is -2.07. The summed E-state index contributed by atoms with van der Waals surface area (Å²) in [5.74, 6) is 4.41. The molecule has 0 aliphatic heterocycles. The first-order chi connectivity index (χ1) is 19.9. The minimum absolute atomic E-state index is 0.0340. The zero-order valence-electron chi connectivity index (χ0n) is 22.7. The summed E-state index contributed by atoms with van der Waals surface area (Å²) in [5.41, 5.74) is 3.68. The summed E-state index contributed by atoms with van der Waals surface area (Å²) in [4.78, 5) is 24.8. The molecular formula is C35H26O6. The van der Waals surface area contributed by atoms with Gasteiger partial charge in [-0.25, -0.2) is 0 Å². The molecule has 0 fully saturated rings. The van der Waals surface area contributed by atoms with Gasteiger partial charge >= 0.3 is 0 Å². The Bertz CT molecular complexity index is 2040. The van der Waals surface area contributed by atoms with Crippen LogP contribution < -0.4 is 15.6 Å². The average Bonchev–Trinajstić information content (AvgIpc) is 3.00. The van der Waals surface area contributed by atoms with Gasteiger partial charge in [0.2, 0.25) is 0 Å². The maximum Gasteiger partial charge on any atom is 0.196 e. The Balaban J connectivity index is 0.000000166. The molecule has 0 bridgehead atoms. The van der Waals surface area contributed by atoms with Crippen LogP contribution in [0.15, 0.2) is 115 Å². The zero-order chi connectivity index (χ0) is 28.9. The van der Waals surface area contributed by atoms with Crippen molar-refractivity contribution in [2.45, 2.75) is 20.8 Å². The fraction of sp³-hybridized carbons (Fsp3) is 0.0857. The molecule has 202 valence electrons. The molecule has 0 unspecified atom stereocenters. The highest BCUT2D eigenvalue weighted by atomic mass is 16.5. The van der Waals surface area contributed by atoms with E-state index in [0.29, 0.717) is 50.3 Å². The quantitative estimate of drug-likeness (QED) is 0.232. The molecule has 6 heteroatoms. The molecule has 0 atom stereocenters. The van der Waals surface area contributed by atoms with Gasteiger partial charge in [-0.05, 0) is 38.1 Å². The smallest absolute Gasteiger partial charge is 0.196 e. The monoisotopic (exact) mass is 542 g/mol. The first-order valence-electron chi connectivity index (χ1n) is 12.9. The molecule has 2 heterocycles. The van der Waals surface area contributed by atoms with Gasteiger partial charge in [-0.15, -0.1) is 0 Å². The highest BCUT2D eigenvalue weighted by Gasteiger charge is 2.14. The van der Waals surface area contributed by atoms with Crippen molar-refractivity contribution >= 4 is 21.9 Å². The van der Waals surface area contributed by atoms with Crippen LogP contribution in [0.25, 0.3) is 44.6 Å². The van der Waals surface area contributed by atoms with E-state index < -0.39 is 0 Å². The highest BCUT2D eigenvalue weighted by molar-refractivity contribution is 5.82. The van der Waals surface area contributed by atoms with Crippen molar-refractivity contribution in [2.75, 3.05) is 0 Å². The van der Waals surface area contributed by atoms with E-state index in [0.717, 1.165) is 11.1 Å². The first-order valence-corrected chi connectivity index (χ1v) is 12.9. The van der Waals surface area contributed by atoms with E-state index in [2.05, 4.69) is 12.0 Å². The molecule has 0 amide bonds. The zero-order valence-corrected chi connectivity index (χ0v) is 22.7. The van der Waals surface area contributed by atoms with E-state index in [1.54, 1.807) is 45.0 Å². The number of rotatable bonds is 3. The maximum atomic E-state index is 12.5. The van der Waals surface area contributed by atoms with Crippen LogP contribution >= 0.6 is 0 Å². The Hall–Kier alpha value is -5.54. The third kappa shape index (κ3) is 5.61. The minimum atomic E-state index is -0.0693. The number of phenolic OH excluding ortho intramolecular Hbond substituents is 1. The summed E-state index contributed by atoms with van der Waals surface area (Å²) in [6.07, 6.45) is 2.53. The van der Waals surface area contributed by atoms with Crippen molar-refractivity contribution < 1.29 is 18.7 Å². The molecule has 0 aliphatic carbocycles. The molecule has 0 aliphatic rings. The van der Waals surface area contributed by atoms with Crippen LogP contribution in [0.1, 0.15) is 18.1 Å². The number of benzene rings is 4. The number of hydrogen-bond donors (Lipinski definition) is 1. The topological polar surface area (TPSA) is 89.9 Å². The molecule has 6 nitrogen and oxygen atoms in total. The number of hydrogen-bond acceptors (Lipinski definition) is 6. The standard InChI is InChI=1S/C19H14O3.C16H12O3/c1-3-11-21-15-9-10-16-17(12-15)22-19(13(2)18(16)20)14-7-5-4-6-8-14;1-10-15(18)13-8-7-12(17)9-14(13)19-16(10)11-5-3-2-4-6-11/h4-10,12H,1-2H3;2-9,17H,1H3. The molecule has 41 heavy (non-hydrogen) atoms. The Labute approximate surface area is 236 Å². The summed E-state index contributed by atoms with van der Waals surface area (Å²) in [6, 6.07) is 28.7. The molecule has 4 aromatic carbocycles. The van der Waals surface area contributed by atoms with Crippen LogP contribution in [0.3, 0.4) is 0 Å². The normalized spacial score (nSPS) is 10.4. The van der Waals surface area contributed by atoms with Gasteiger partial charge in [0.15, 0.2) is 10.9 Å². The summed E-state index contributed by atoms with van der Waals surface area (Å²) in [7, 11) is 0. The average molecular weight is 543 g/mol. The van der Waals surface area contributed by atoms with Gasteiger partial charge in [-0.2, -0.15) is 0 Å². The molecular weight excluding hydrogens is 516 g/mol. The van der Waals surface area contributed by atoms with Crippen molar-refractivity contribution in [1.82, 2.24) is 0 Å². The van der Waals surface area contributed by atoms with Crippen LogP contribution in [0.4, 0.5) is 0 Å². The summed E-state index contributed by atoms with van der Waals surface area (Å²) in [6.45, 7) is 5.22. The lowest BCUT2D eigenvalue weighted by Gasteiger charge is -2.07. The predicted molar refractivity (Wildman–Crippen MR) is 161 cm³/mol. The van der Waals surface area contributed by atoms with E-state index in [-0.39, 0.29) is 16.6 Å². The Kier molecular flexibility index (Phi) is 7.71. The van der Waals surface area contributed by atoms with E-state index >= 15 is 0 Å². The molecule has 6 aromatic rings. The molecule has 0 spiro atoms. The summed E-state index contributed by atoms with van der Waals surface area (Å²) >= 11 is 0. The largest absolute Gasteiger partial charge is 0.508 e. The third-order valence-electron chi connectivity index (χ3n) is 6.54. The molecule has 0 radical (unpaired) electrons. The van der Waals surface area contributed by atoms with Crippen LogP contribution in [-0.2, 0) is 0 Å². The van der Waals surface area contributed by atoms with E-state index in [1.807, 2.05) is 60.7 Å². The summed E-state index contributed by atoms with van der Waals surface area (Å²) < 4.78 is 17.0. The molecule has 1 N–H and O–H groups in total. The second kappa shape index (κ2) is 11.7. The fourth-order valence-electron chi connectivity index (χ4n) is 4.44. The van der Waals surface area contributed by atoms with E-state index in [9.17, 15) is 14.7 Å². The number of ether oxygens (including phenoxy) is 1. The highest BCUT2D eigenvalue weighted by Crippen LogP contribution is 2.28. The summed E-state index contributed by atoms with van der Waals surface area (Å²) in [5, 5.41) is 10.5. The van der Waals surface area contributed by atoms with Gasteiger partial charge in [-0.1, -0.05) is 66.6 Å². The second-order valence-corrected chi connectivity index (χ2v) is 9.30. The minimum Gasteiger partial charge on any atom is -0.508 e. The second-order valence-electron chi connectivity index (χ2n) is 9.30. The molecule has 6 rings (SSSR count). The van der Waals surface area contributed by atoms with Gasteiger partial charge < -0.3 is 18.7 Å². The Morgan fingerprint density at radius 1 is 0.659 bits per heavy atom. The number of aromatic hydroxyl groups is 1. The van der Waals surface area contributed by atoms with Gasteiger partial charge in [0.1, 0.15) is 40.3 Å². The first kappa shape index (κ1) is 27.0. The lowest BCUT2D eigenvalue weighted by atomic mass is 10.1. The lowest BCUT2D eigenvalue weighted by molar-refractivity contribution is 0.474. The van der Waals surface area contributed by atoms with E-state index in [4.69, 9.17) is 13.6 Å². The van der Waals surface area contributed by atoms with Crippen molar-refractivity contribution in [1.29, 1.82) is 0 Å². The SMILES string of the molecule is CC#COc1ccc2c(=O)c(C)c(-c3ccccc3)oc2c1.Cc1c(-c2ccccc2)oc2cc(O)ccc2c1=O. The Morgan fingerprint density at radius 3 is 1.66 bits per heavy atom. The van der Waals surface area contributed by atoms with Crippen LogP contribution in [-0.4, -0.2) is 5.11 Å². The number of fused-ring (bicyclic) bond motifs is 2. The van der Waals surface area contributed by atoms with Gasteiger partial charge in [0.25, 0.3) is 0 Å². The van der Waals surface area contributed by atoms with Gasteiger partial charge in [0, 0.05) is 41.3 Å². The number of phenols is 1. The van der Waals surface area contributed by atoms with Crippen molar-refractivity contribution in [3.63, 3.8) is 0 Å². The van der Waals surface area contributed by atoms with Crippen molar-refractivity contribution in [2.24, 2.45) is 0 Å². The van der Waals surface area contributed by atoms with Crippen molar-refractivity contribution in [3.05, 3.63) is 129 Å². The molecule has 2 aromatic heterocycles. The fourth-order valence-corrected chi connectivity index (χ4v) is 4.44. The van der Waals surface area contributed by atoms with E-state index in [1.165, 1.54) is 12.1 Å². The Morgan fingerprint density at radius 2 is 1.15 bits per heavy atom. The molecule has 0 saturated carbocycles. The van der Waals surface area contributed by atoms with Crippen molar-refractivity contribution in [3.8, 4) is 46.2 Å². The van der Waals surface area contributed by atoms with Crippen LogP contribution in [0.2, 0.25) is 0 Å². The third-order valence-corrected chi connectivity index (χ3v) is 6.54. The van der Waals surface area contributed by atoms with Gasteiger partial charge in [0.05, 0.1) is 10.8 Å².